The lowest BCUT2D eigenvalue weighted by Gasteiger charge is -2.32. The van der Waals surface area contributed by atoms with E-state index in [0.717, 1.165) is 6.29 Å². The highest BCUT2D eigenvalue weighted by Gasteiger charge is 2.58. The number of benzene rings is 3. The van der Waals surface area contributed by atoms with Crippen LogP contribution >= 0.6 is 7.26 Å². The summed E-state index contributed by atoms with van der Waals surface area (Å²) in [6, 6.07) is 10.4. The summed E-state index contributed by atoms with van der Waals surface area (Å²) in [5.41, 5.74) is 0. The van der Waals surface area contributed by atoms with E-state index in [0.29, 0.717) is 67.7 Å². The Kier molecular flexibility index (Phi) is 10.2. The van der Waals surface area contributed by atoms with Crippen LogP contribution < -0.4 is 58.5 Å². The lowest BCUT2D eigenvalue weighted by atomic mass is 10.3. The molecule has 0 fully saturated rings. The molecule has 0 N–H and O–H groups in total. The predicted octanol–water partition coefficient (Wildman–Crippen LogP) is 3.26. The van der Waals surface area contributed by atoms with Gasteiger partial charge in [-0.05, 0) is 0 Å². The quantitative estimate of drug-likeness (QED) is 0.210. The van der Waals surface area contributed by atoms with Gasteiger partial charge in [0, 0.05) is 36.4 Å². The monoisotopic (exact) mass is 575 g/mol. The van der Waals surface area contributed by atoms with E-state index in [9.17, 15) is 4.79 Å². The number of rotatable bonds is 14. The minimum Gasteiger partial charge on any atom is -0.496 e. The lowest BCUT2D eigenvalue weighted by molar-refractivity contribution is -0.105. The Balaban J connectivity index is 2.79. The fourth-order valence-corrected chi connectivity index (χ4v) is 9.45. The normalized spacial score (nSPS) is 10.8. The summed E-state index contributed by atoms with van der Waals surface area (Å²) in [5.74, 6) is 4.05. The van der Waals surface area contributed by atoms with Crippen molar-refractivity contribution >= 4 is 29.5 Å². The van der Waals surface area contributed by atoms with Gasteiger partial charge in [-0.25, -0.2) is 0 Å². The first-order valence-electron chi connectivity index (χ1n) is 12.1. The van der Waals surface area contributed by atoms with Gasteiger partial charge in [-0.2, -0.15) is 0 Å². The Hall–Kier alpha value is -4.04. The molecule has 40 heavy (non-hydrogen) atoms. The molecule has 3 rings (SSSR count). The zero-order chi connectivity index (χ0) is 29.4. The fourth-order valence-electron chi connectivity index (χ4n) is 4.81. The van der Waals surface area contributed by atoms with Crippen molar-refractivity contribution in [3.63, 3.8) is 0 Å². The van der Waals surface area contributed by atoms with Crippen molar-refractivity contribution in [2.45, 2.75) is 0 Å². The van der Waals surface area contributed by atoms with Gasteiger partial charge in [0.15, 0.2) is 56.7 Å². The Morgan fingerprint density at radius 1 is 0.450 bits per heavy atom. The zero-order valence-electron chi connectivity index (χ0n) is 24.3. The van der Waals surface area contributed by atoms with E-state index in [1.165, 1.54) is 42.7 Å². The second kappa shape index (κ2) is 13.3. The van der Waals surface area contributed by atoms with Crippen LogP contribution in [-0.4, -0.2) is 76.4 Å². The van der Waals surface area contributed by atoms with Gasteiger partial charge < -0.3 is 42.6 Å². The van der Waals surface area contributed by atoms with E-state index in [4.69, 9.17) is 42.6 Å². The van der Waals surface area contributed by atoms with Crippen LogP contribution in [-0.2, 0) is 4.79 Å². The molecule has 3 aromatic carbocycles. The predicted molar refractivity (Wildman–Crippen MR) is 155 cm³/mol. The largest absolute Gasteiger partial charge is 0.496 e. The van der Waals surface area contributed by atoms with E-state index in [2.05, 4.69) is 0 Å². The second-order valence-corrected chi connectivity index (χ2v) is 11.6. The van der Waals surface area contributed by atoms with Crippen LogP contribution in [0.3, 0.4) is 0 Å². The molecule has 0 radical (unpaired) electrons. The molecule has 0 saturated carbocycles. The molecule has 0 aliphatic heterocycles. The summed E-state index contributed by atoms with van der Waals surface area (Å²) in [6.07, 6.45) is 0.827. The van der Waals surface area contributed by atoms with Gasteiger partial charge in [0.25, 0.3) is 0 Å². The molecule has 0 spiro atoms. The summed E-state index contributed by atoms with van der Waals surface area (Å²) in [5, 5.41) is 1.77. The Bertz CT molecular complexity index is 1110. The average molecular weight is 576 g/mol. The van der Waals surface area contributed by atoms with Crippen LogP contribution in [0.4, 0.5) is 0 Å². The molecule has 0 heterocycles. The summed E-state index contributed by atoms with van der Waals surface area (Å²) in [7, 11) is 10.6. The molecule has 0 unspecified atom stereocenters. The van der Waals surface area contributed by atoms with E-state index >= 15 is 0 Å². The Morgan fingerprint density at radius 2 is 0.675 bits per heavy atom. The number of ether oxygens (including phenoxy) is 9. The maximum absolute atomic E-state index is 12.8. The van der Waals surface area contributed by atoms with Gasteiger partial charge in [0.1, 0.15) is 30.7 Å². The van der Waals surface area contributed by atoms with Crippen LogP contribution in [0.1, 0.15) is 0 Å². The third-order valence-electron chi connectivity index (χ3n) is 6.56. The van der Waals surface area contributed by atoms with E-state index in [-0.39, 0.29) is 6.16 Å². The first kappa shape index (κ1) is 30.5. The van der Waals surface area contributed by atoms with E-state index < -0.39 is 7.26 Å². The molecule has 0 aromatic heterocycles. The standard InChI is InChI=1S/C29H36O10P/c1-31-18-12-21(34-4)27(22(13-18)35-5)40(11-10-30,28-23(36-6)14-19(32-2)15-24(28)37-7)29-25(38-8)16-20(33-3)17-26(29)39-9/h10,12-17H,11H2,1-9H3/q+1. The number of aldehydes is 1. The maximum atomic E-state index is 12.8. The van der Waals surface area contributed by atoms with Crippen LogP contribution in [0.15, 0.2) is 36.4 Å². The molecule has 11 heteroatoms. The summed E-state index contributed by atoms with van der Waals surface area (Å²) in [4.78, 5) is 12.8. The Morgan fingerprint density at radius 3 is 0.825 bits per heavy atom. The van der Waals surface area contributed by atoms with E-state index in [1.54, 1.807) is 57.7 Å². The highest BCUT2D eigenvalue weighted by atomic mass is 31.2. The number of hydrogen-bond donors (Lipinski definition) is 0. The van der Waals surface area contributed by atoms with Gasteiger partial charge in [-0.3, -0.25) is 4.79 Å². The number of carbonyl (C=O) groups is 1. The fraction of sp³-hybridized carbons (Fsp3) is 0.345. The zero-order valence-corrected chi connectivity index (χ0v) is 25.2. The van der Waals surface area contributed by atoms with Crippen molar-refractivity contribution in [2.75, 3.05) is 70.2 Å². The molecular formula is C29H36O10P+. The van der Waals surface area contributed by atoms with Crippen LogP contribution in [0, 0.1) is 0 Å². The van der Waals surface area contributed by atoms with Crippen molar-refractivity contribution in [3.8, 4) is 51.7 Å². The van der Waals surface area contributed by atoms with Gasteiger partial charge >= 0.3 is 0 Å². The van der Waals surface area contributed by atoms with Crippen molar-refractivity contribution < 1.29 is 47.4 Å². The maximum Gasteiger partial charge on any atom is 0.189 e. The molecule has 0 aliphatic rings. The molecule has 10 nitrogen and oxygen atoms in total. The topological polar surface area (TPSA) is 100 Å². The average Bonchev–Trinajstić information content (AvgIpc) is 3.01. The minimum absolute atomic E-state index is 0.0237. The molecule has 216 valence electrons. The summed E-state index contributed by atoms with van der Waals surface area (Å²) in [6.45, 7) is 0. The number of hydrogen-bond acceptors (Lipinski definition) is 10. The Labute approximate surface area is 235 Å². The molecule has 0 atom stereocenters. The molecule has 3 aromatic rings. The number of carbonyl (C=O) groups excluding carboxylic acids is 1. The van der Waals surface area contributed by atoms with Gasteiger partial charge in [0.05, 0.1) is 64.0 Å². The van der Waals surface area contributed by atoms with Crippen molar-refractivity contribution in [1.82, 2.24) is 0 Å². The second-order valence-electron chi connectivity index (χ2n) is 8.30. The SMILES string of the molecule is COc1cc(OC)c([P+](CC=O)(c2c(OC)cc(OC)cc2OC)c2c(OC)cc(OC)cc2OC)c(OC)c1. The van der Waals surface area contributed by atoms with E-state index in [1.807, 2.05) is 0 Å². The van der Waals surface area contributed by atoms with Crippen molar-refractivity contribution in [3.05, 3.63) is 36.4 Å². The van der Waals surface area contributed by atoms with Crippen LogP contribution in [0.5, 0.6) is 51.7 Å². The molecule has 0 bridgehead atoms. The van der Waals surface area contributed by atoms with Crippen molar-refractivity contribution in [2.24, 2.45) is 0 Å². The highest BCUT2D eigenvalue weighted by molar-refractivity contribution is 7.97. The summed E-state index contributed by atoms with van der Waals surface area (Å²) < 4.78 is 52.3. The van der Waals surface area contributed by atoms with Crippen LogP contribution in [0.2, 0.25) is 0 Å². The van der Waals surface area contributed by atoms with Gasteiger partial charge in [0.2, 0.25) is 0 Å². The summed E-state index contributed by atoms with van der Waals surface area (Å²) >= 11 is 0. The lowest BCUT2D eigenvalue weighted by Crippen LogP contribution is -2.38. The molecule has 0 aliphatic carbocycles. The van der Waals surface area contributed by atoms with Crippen LogP contribution in [0.25, 0.3) is 0 Å². The third kappa shape index (κ3) is 5.23. The minimum atomic E-state index is -3.25. The van der Waals surface area contributed by atoms with Gasteiger partial charge in [-0.1, -0.05) is 0 Å². The number of methoxy groups -OCH3 is 9. The smallest absolute Gasteiger partial charge is 0.189 e. The van der Waals surface area contributed by atoms with Gasteiger partial charge in [-0.15, -0.1) is 0 Å². The highest BCUT2D eigenvalue weighted by Crippen LogP contribution is 2.65. The first-order chi connectivity index (χ1) is 19.4. The molecule has 0 amide bonds. The third-order valence-corrected chi connectivity index (χ3v) is 10.9. The molecule has 0 saturated heterocycles. The van der Waals surface area contributed by atoms with Crippen molar-refractivity contribution in [1.29, 1.82) is 0 Å². The first-order valence-corrected chi connectivity index (χ1v) is 14.1. The molecular weight excluding hydrogens is 539 g/mol.